The Hall–Kier alpha value is -1.58. The number of para-hydroxylation sites is 2. The molecule has 1 saturated heterocycles. The maximum atomic E-state index is 11.0. The van der Waals surface area contributed by atoms with Crippen LogP contribution < -0.4 is 4.90 Å². The molecule has 0 aromatic heterocycles. The van der Waals surface area contributed by atoms with E-state index in [4.69, 9.17) is 0 Å². The Balaban J connectivity index is 1.88. The molecule has 4 heteroatoms. The summed E-state index contributed by atoms with van der Waals surface area (Å²) in [4.78, 5) is 12.9. The van der Waals surface area contributed by atoms with E-state index >= 15 is 0 Å². The maximum absolute atomic E-state index is 11.0. The molecule has 3 rings (SSSR count). The molecule has 17 heavy (non-hydrogen) atoms. The van der Waals surface area contributed by atoms with Gasteiger partial charge in [0.05, 0.1) is 4.92 Å². The Labute approximate surface area is 100 Å². The molecule has 2 unspecified atom stereocenters. The summed E-state index contributed by atoms with van der Waals surface area (Å²) in [7, 11) is 0. The molecule has 1 aromatic carbocycles. The van der Waals surface area contributed by atoms with Crippen molar-refractivity contribution in [3.8, 4) is 0 Å². The molecule has 2 fully saturated rings. The van der Waals surface area contributed by atoms with Crippen LogP contribution in [0.2, 0.25) is 0 Å². The van der Waals surface area contributed by atoms with Crippen molar-refractivity contribution in [2.75, 3.05) is 18.0 Å². The van der Waals surface area contributed by atoms with Gasteiger partial charge >= 0.3 is 0 Å². The van der Waals surface area contributed by atoms with E-state index in [0.29, 0.717) is 0 Å². The van der Waals surface area contributed by atoms with Gasteiger partial charge in [-0.25, -0.2) is 0 Å². The number of rotatable bonds is 2. The topological polar surface area (TPSA) is 46.4 Å². The average molecular weight is 232 g/mol. The number of nitrogens with zero attached hydrogens (tertiary/aromatic N) is 2. The molecule has 1 heterocycles. The van der Waals surface area contributed by atoms with Crippen LogP contribution >= 0.6 is 0 Å². The van der Waals surface area contributed by atoms with Gasteiger partial charge in [-0.2, -0.15) is 0 Å². The lowest BCUT2D eigenvalue weighted by Gasteiger charge is -2.19. The van der Waals surface area contributed by atoms with Crippen molar-refractivity contribution in [3.63, 3.8) is 0 Å². The molecule has 2 aliphatic rings. The standard InChI is InChI=1S/C13H16N2O2/c16-15(17)13-7-2-1-6-12(13)14-8-10-4-3-5-11(10)9-14/h1-2,6-7,10-11H,3-5,8-9H2. The summed E-state index contributed by atoms with van der Waals surface area (Å²) in [5.74, 6) is 1.52. The fraction of sp³-hybridized carbons (Fsp3) is 0.538. The van der Waals surface area contributed by atoms with Crippen molar-refractivity contribution in [1.29, 1.82) is 0 Å². The number of anilines is 1. The van der Waals surface area contributed by atoms with Gasteiger partial charge in [0.1, 0.15) is 5.69 Å². The molecule has 0 N–H and O–H groups in total. The molecule has 1 aliphatic heterocycles. The van der Waals surface area contributed by atoms with Crippen molar-refractivity contribution in [2.24, 2.45) is 11.8 Å². The maximum Gasteiger partial charge on any atom is 0.292 e. The third-order valence-electron chi connectivity index (χ3n) is 4.15. The van der Waals surface area contributed by atoms with Gasteiger partial charge in [-0.1, -0.05) is 18.6 Å². The highest BCUT2D eigenvalue weighted by Crippen LogP contribution is 2.41. The van der Waals surface area contributed by atoms with E-state index in [1.807, 2.05) is 12.1 Å². The van der Waals surface area contributed by atoms with E-state index < -0.39 is 0 Å². The molecular formula is C13H16N2O2. The van der Waals surface area contributed by atoms with Crippen molar-refractivity contribution < 1.29 is 4.92 Å². The van der Waals surface area contributed by atoms with E-state index in [1.54, 1.807) is 12.1 Å². The molecule has 1 aliphatic carbocycles. The van der Waals surface area contributed by atoms with E-state index in [-0.39, 0.29) is 10.6 Å². The second kappa shape index (κ2) is 4.02. The smallest absolute Gasteiger partial charge is 0.292 e. The minimum Gasteiger partial charge on any atom is -0.365 e. The van der Waals surface area contributed by atoms with E-state index in [0.717, 1.165) is 30.6 Å². The fourth-order valence-corrected chi connectivity index (χ4v) is 3.32. The first-order chi connectivity index (χ1) is 8.25. The Morgan fingerprint density at radius 1 is 1.18 bits per heavy atom. The van der Waals surface area contributed by atoms with Gasteiger partial charge in [0.2, 0.25) is 0 Å². The van der Waals surface area contributed by atoms with Crippen LogP contribution in [-0.2, 0) is 0 Å². The first-order valence-corrected chi connectivity index (χ1v) is 6.24. The monoisotopic (exact) mass is 232 g/mol. The predicted molar refractivity (Wildman–Crippen MR) is 66.1 cm³/mol. The third-order valence-corrected chi connectivity index (χ3v) is 4.15. The highest BCUT2D eigenvalue weighted by atomic mass is 16.6. The van der Waals surface area contributed by atoms with Crippen LogP contribution in [-0.4, -0.2) is 18.0 Å². The lowest BCUT2D eigenvalue weighted by atomic mass is 10.0. The summed E-state index contributed by atoms with van der Waals surface area (Å²) < 4.78 is 0. The van der Waals surface area contributed by atoms with Crippen molar-refractivity contribution in [2.45, 2.75) is 19.3 Å². The number of hydrogen-bond acceptors (Lipinski definition) is 3. The van der Waals surface area contributed by atoms with E-state index in [1.165, 1.54) is 19.3 Å². The van der Waals surface area contributed by atoms with Crippen molar-refractivity contribution >= 4 is 11.4 Å². The van der Waals surface area contributed by atoms with E-state index in [9.17, 15) is 10.1 Å². The van der Waals surface area contributed by atoms with Crippen LogP contribution in [0.5, 0.6) is 0 Å². The molecule has 0 bridgehead atoms. The third kappa shape index (κ3) is 1.77. The fourth-order valence-electron chi connectivity index (χ4n) is 3.32. The number of nitro benzene ring substituents is 1. The summed E-state index contributed by atoms with van der Waals surface area (Å²) in [6, 6.07) is 7.09. The SMILES string of the molecule is O=[N+]([O-])c1ccccc1N1CC2CCCC2C1. The molecule has 0 spiro atoms. The highest BCUT2D eigenvalue weighted by Gasteiger charge is 2.37. The Bertz CT molecular complexity index is 435. The number of benzene rings is 1. The van der Waals surface area contributed by atoms with Gasteiger partial charge in [-0.05, 0) is 30.7 Å². The Morgan fingerprint density at radius 3 is 2.47 bits per heavy atom. The molecule has 2 atom stereocenters. The zero-order valence-corrected chi connectivity index (χ0v) is 9.71. The summed E-state index contributed by atoms with van der Waals surface area (Å²) in [5, 5.41) is 11.0. The summed E-state index contributed by atoms with van der Waals surface area (Å²) in [6.07, 6.45) is 3.92. The first kappa shape index (κ1) is 10.6. The Morgan fingerprint density at radius 2 is 1.82 bits per heavy atom. The van der Waals surface area contributed by atoms with Crippen LogP contribution in [0, 0.1) is 22.0 Å². The summed E-state index contributed by atoms with van der Waals surface area (Å²) in [5.41, 5.74) is 1.04. The van der Waals surface area contributed by atoms with Crippen molar-refractivity contribution in [1.82, 2.24) is 0 Å². The number of fused-ring (bicyclic) bond motifs is 1. The first-order valence-electron chi connectivity index (χ1n) is 6.24. The second-order valence-corrected chi connectivity index (χ2v) is 5.10. The summed E-state index contributed by atoms with van der Waals surface area (Å²) >= 11 is 0. The lowest BCUT2D eigenvalue weighted by Crippen LogP contribution is -2.21. The van der Waals surface area contributed by atoms with Gasteiger partial charge in [-0.15, -0.1) is 0 Å². The van der Waals surface area contributed by atoms with Crippen LogP contribution in [0.3, 0.4) is 0 Å². The quantitative estimate of drug-likeness (QED) is 0.582. The minimum atomic E-state index is -0.274. The van der Waals surface area contributed by atoms with Crippen molar-refractivity contribution in [3.05, 3.63) is 34.4 Å². The average Bonchev–Trinajstić information content (AvgIpc) is 2.88. The van der Waals surface area contributed by atoms with Gasteiger partial charge in [0.25, 0.3) is 5.69 Å². The lowest BCUT2D eigenvalue weighted by molar-refractivity contribution is -0.384. The van der Waals surface area contributed by atoms with Crippen LogP contribution in [0.15, 0.2) is 24.3 Å². The molecule has 1 aromatic rings. The van der Waals surface area contributed by atoms with Gasteiger partial charge in [0, 0.05) is 19.2 Å². The summed E-state index contributed by atoms with van der Waals surface area (Å²) in [6.45, 7) is 1.99. The molecule has 0 amide bonds. The van der Waals surface area contributed by atoms with Crippen LogP contribution in [0.4, 0.5) is 11.4 Å². The van der Waals surface area contributed by atoms with Crippen LogP contribution in [0.25, 0.3) is 0 Å². The minimum absolute atomic E-state index is 0.243. The Kier molecular flexibility index (Phi) is 2.50. The molecule has 0 radical (unpaired) electrons. The number of hydrogen-bond donors (Lipinski definition) is 0. The predicted octanol–water partition coefficient (Wildman–Crippen LogP) is 2.83. The van der Waals surface area contributed by atoms with Crippen LogP contribution in [0.1, 0.15) is 19.3 Å². The molecule has 90 valence electrons. The largest absolute Gasteiger partial charge is 0.365 e. The molecular weight excluding hydrogens is 216 g/mol. The zero-order chi connectivity index (χ0) is 11.8. The normalized spacial score (nSPS) is 27.2. The van der Waals surface area contributed by atoms with E-state index in [2.05, 4.69) is 4.90 Å². The molecule has 1 saturated carbocycles. The van der Waals surface area contributed by atoms with Gasteiger partial charge in [-0.3, -0.25) is 10.1 Å². The second-order valence-electron chi connectivity index (χ2n) is 5.10. The number of nitro groups is 1. The zero-order valence-electron chi connectivity index (χ0n) is 9.71. The van der Waals surface area contributed by atoms with Gasteiger partial charge < -0.3 is 4.90 Å². The highest BCUT2D eigenvalue weighted by molar-refractivity contribution is 5.63. The van der Waals surface area contributed by atoms with Gasteiger partial charge in [0.15, 0.2) is 0 Å². The molecule has 4 nitrogen and oxygen atoms in total.